The summed E-state index contributed by atoms with van der Waals surface area (Å²) in [5.41, 5.74) is 0.900. The number of carbonyl (C=O) groups is 1. The minimum Gasteiger partial charge on any atom is -0.396 e. The van der Waals surface area contributed by atoms with Crippen molar-refractivity contribution in [3.05, 3.63) is 24.5 Å². The molecule has 1 aromatic rings. The van der Waals surface area contributed by atoms with Crippen LogP contribution in [0.25, 0.3) is 0 Å². The Morgan fingerprint density at radius 2 is 1.95 bits per heavy atom. The monoisotopic (exact) mass is 262 g/mol. The molecular formula is C15H22N2O2. The van der Waals surface area contributed by atoms with Crippen molar-refractivity contribution >= 4 is 11.6 Å². The minimum absolute atomic E-state index is 0.133. The summed E-state index contributed by atoms with van der Waals surface area (Å²) in [5, 5.41) is 8.95. The van der Waals surface area contributed by atoms with Crippen LogP contribution in [0.5, 0.6) is 0 Å². The van der Waals surface area contributed by atoms with Crippen molar-refractivity contribution in [1.82, 2.24) is 4.98 Å². The fourth-order valence-corrected chi connectivity index (χ4v) is 2.85. The predicted octanol–water partition coefficient (Wildman–Crippen LogP) is 2.23. The zero-order valence-corrected chi connectivity index (χ0v) is 11.5. The van der Waals surface area contributed by atoms with Gasteiger partial charge in [0, 0.05) is 37.7 Å². The van der Waals surface area contributed by atoms with Gasteiger partial charge in [-0.05, 0) is 50.2 Å². The van der Waals surface area contributed by atoms with Crippen LogP contribution in [-0.2, 0) is 4.79 Å². The molecule has 0 saturated heterocycles. The van der Waals surface area contributed by atoms with Gasteiger partial charge in [0.05, 0.1) is 0 Å². The highest BCUT2D eigenvalue weighted by atomic mass is 16.3. The van der Waals surface area contributed by atoms with Gasteiger partial charge in [0.2, 0.25) is 5.91 Å². The first-order valence-corrected chi connectivity index (χ1v) is 7.01. The van der Waals surface area contributed by atoms with Crippen molar-refractivity contribution in [3.8, 4) is 0 Å². The van der Waals surface area contributed by atoms with Crippen molar-refractivity contribution in [2.75, 3.05) is 18.6 Å². The van der Waals surface area contributed by atoms with E-state index < -0.39 is 0 Å². The number of hydrogen-bond donors (Lipinski definition) is 1. The number of hydrogen-bond acceptors (Lipinski definition) is 3. The molecule has 1 heterocycles. The lowest BCUT2D eigenvalue weighted by atomic mass is 9.80. The Kier molecular flexibility index (Phi) is 4.91. The van der Waals surface area contributed by atoms with Gasteiger partial charge >= 0.3 is 0 Å². The fourth-order valence-electron chi connectivity index (χ4n) is 2.85. The smallest absolute Gasteiger partial charge is 0.229 e. The van der Waals surface area contributed by atoms with Gasteiger partial charge in [-0.2, -0.15) is 0 Å². The van der Waals surface area contributed by atoms with Gasteiger partial charge in [0.25, 0.3) is 0 Å². The first kappa shape index (κ1) is 14.0. The van der Waals surface area contributed by atoms with E-state index in [0.29, 0.717) is 5.92 Å². The Labute approximate surface area is 114 Å². The molecule has 4 heteroatoms. The van der Waals surface area contributed by atoms with Gasteiger partial charge < -0.3 is 10.0 Å². The molecule has 104 valence electrons. The molecule has 2 rings (SSSR count). The maximum Gasteiger partial charge on any atom is 0.229 e. The molecule has 19 heavy (non-hydrogen) atoms. The number of aliphatic hydroxyl groups is 1. The third-order valence-electron chi connectivity index (χ3n) is 4.11. The average molecular weight is 262 g/mol. The first-order chi connectivity index (χ1) is 9.22. The zero-order valence-electron chi connectivity index (χ0n) is 11.5. The third kappa shape index (κ3) is 3.53. The lowest BCUT2D eigenvalue weighted by Gasteiger charge is -2.30. The summed E-state index contributed by atoms with van der Waals surface area (Å²) in [6.45, 7) is 0.264. The largest absolute Gasteiger partial charge is 0.396 e. The highest BCUT2D eigenvalue weighted by molar-refractivity contribution is 5.94. The van der Waals surface area contributed by atoms with Crippen LogP contribution in [0.2, 0.25) is 0 Å². The quantitative estimate of drug-likeness (QED) is 0.905. The summed E-state index contributed by atoms with van der Waals surface area (Å²) in [6, 6.07) is 3.71. The average Bonchev–Trinajstić information content (AvgIpc) is 2.48. The van der Waals surface area contributed by atoms with Crippen molar-refractivity contribution in [1.29, 1.82) is 0 Å². The molecule has 1 fully saturated rings. The molecule has 0 aliphatic heterocycles. The summed E-state index contributed by atoms with van der Waals surface area (Å²) in [6.07, 6.45) is 8.29. The van der Waals surface area contributed by atoms with Crippen molar-refractivity contribution < 1.29 is 9.90 Å². The molecular weight excluding hydrogens is 240 g/mol. The molecule has 1 saturated carbocycles. The molecule has 0 atom stereocenters. The summed E-state index contributed by atoms with van der Waals surface area (Å²) in [7, 11) is 1.83. The zero-order chi connectivity index (χ0) is 13.7. The fraction of sp³-hybridized carbons (Fsp3) is 0.600. The molecule has 0 radical (unpaired) electrons. The number of rotatable bonds is 4. The summed E-state index contributed by atoms with van der Waals surface area (Å²) in [5.74, 6) is 0.932. The lowest BCUT2D eigenvalue weighted by molar-refractivity contribution is -0.123. The van der Waals surface area contributed by atoms with Gasteiger partial charge in [0.15, 0.2) is 0 Å². The topological polar surface area (TPSA) is 53.4 Å². The van der Waals surface area contributed by atoms with Crippen LogP contribution in [-0.4, -0.2) is 29.7 Å². The third-order valence-corrected chi connectivity index (χ3v) is 4.11. The number of aliphatic hydroxyl groups excluding tert-OH is 1. The molecule has 0 spiro atoms. The van der Waals surface area contributed by atoms with Crippen LogP contribution in [0.4, 0.5) is 5.69 Å². The van der Waals surface area contributed by atoms with Crippen molar-refractivity contribution in [2.45, 2.75) is 32.1 Å². The Morgan fingerprint density at radius 1 is 1.32 bits per heavy atom. The molecule has 1 aliphatic carbocycles. The van der Waals surface area contributed by atoms with Crippen LogP contribution < -0.4 is 4.90 Å². The normalized spacial score (nSPS) is 23.1. The summed E-state index contributed by atoms with van der Waals surface area (Å²) < 4.78 is 0. The van der Waals surface area contributed by atoms with Crippen LogP contribution >= 0.6 is 0 Å². The van der Waals surface area contributed by atoms with E-state index in [2.05, 4.69) is 4.98 Å². The van der Waals surface area contributed by atoms with Crippen LogP contribution in [0.3, 0.4) is 0 Å². The van der Waals surface area contributed by atoms with E-state index in [1.165, 1.54) is 0 Å². The van der Waals surface area contributed by atoms with Gasteiger partial charge in [0.1, 0.15) is 0 Å². The van der Waals surface area contributed by atoms with E-state index in [9.17, 15) is 4.79 Å². The Bertz CT molecular complexity index is 400. The minimum atomic E-state index is 0.133. The molecule has 0 bridgehead atoms. The molecule has 4 nitrogen and oxygen atoms in total. The number of carbonyl (C=O) groups excluding carboxylic acids is 1. The first-order valence-electron chi connectivity index (χ1n) is 7.01. The number of anilines is 1. The molecule has 1 amide bonds. The number of nitrogens with zero attached hydrogens (tertiary/aromatic N) is 2. The predicted molar refractivity (Wildman–Crippen MR) is 74.8 cm³/mol. The highest BCUT2D eigenvalue weighted by Crippen LogP contribution is 2.32. The van der Waals surface area contributed by atoms with E-state index in [0.717, 1.165) is 37.8 Å². The van der Waals surface area contributed by atoms with E-state index in [-0.39, 0.29) is 18.4 Å². The standard InChI is InChI=1S/C15H22N2O2/c1-17(14-6-9-16-10-7-14)15(19)13-4-2-12(3-5-13)8-11-18/h6-7,9-10,12-13,18H,2-5,8,11H2,1H3. The molecule has 1 N–H and O–H groups in total. The van der Waals surface area contributed by atoms with Crippen LogP contribution in [0, 0.1) is 11.8 Å². The number of pyridine rings is 1. The maximum atomic E-state index is 12.4. The molecule has 0 aromatic carbocycles. The summed E-state index contributed by atoms with van der Waals surface area (Å²) in [4.78, 5) is 18.1. The Balaban J connectivity index is 1.91. The molecule has 1 aromatic heterocycles. The van der Waals surface area contributed by atoms with E-state index >= 15 is 0 Å². The molecule has 0 unspecified atom stereocenters. The maximum absolute atomic E-state index is 12.4. The van der Waals surface area contributed by atoms with Crippen LogP contribution in [0.15, 0.2) is 24.5 Å². The van der Waals surface area contributed by atoms with Crippen molar-refractivity contribution in [2.24, 2.45) is 11.8 Å². The Hall–Kier alpha value is -1.42. The lowest BCUT2D eigenvalue weighted by Crippen LogP contribution is -2.35. The van der Waals surface area contributed by atoms with Crippen molar-refractivity contribution in [3.63, 3.8) is 0 Å². The SMILES string of the molecule is CN(C(=O)C1CCC(CCO)CC1)c1ccncc1. The van der Waals surface area contributed by atoms with Crippen LogP contribution in [0.1, 0.15) is 32.1 Å². The van der Waals surface area contributed by atoms with Gasteiger partial charge in [-0.25, -0.2) is 0 Å². The second kappa shape index (κ2) is 6.66. The van der Waals surface area contributed by atoms with Gasteiger partial charge in [-0.3, -0.25) is 9.78 Å². The van der Waals surface area contributed by atoms with E-state index in [1.54, 1.807) is 17.3 Å². The second-order valence-electron chi connectivity index (χ2n) is 5.33. The number of aromatic nitrogens is 1. The summed E-state index contributed by atoms with van der Waals surface area (Å²) >= 11 is 0. The van der Waals surface area contributed by atoms with Gasteiger partial charge in [-0.15, -0.1) is 0 Å². The van der Waals surface area contributed by atoms with E-state index in [4.69, 9.17) is 5.11 Å². The van der Waals surface area contributed by atoms with Gasteiger partial charge in [-0.1, -0.05) is 0 Å². The highest BCUT2D eigenvalue weighted by Gasteiger charge is 2.28. The molecule has 1 aliphatic rings. The Morgan fingerprint density at radius 3 is 2.53 bits per heavy atom. The number of amides is 1. The second-order valence-corrected chi connectivity index (χ2v) is 5.33. The van der Waals surface area contributed by atoms with E-state index in [1.807, 2.05) is 19.2 Å².